The van der Waals surface area contributed by atoms with E-state index in [0.29, 0.717) is 38.5 Å². The van der Waals surface area contributed by atoms with E-state index >= 15 is 0 Å². The molecular weight excluding hydrogens is 378 g/mol. The van der Waals surface area contributed by atoms with Gasteiger partial charge in [-0.15, -0.1) is 0 Å². The van der Waals surface area contributed by atoms with Crippen LogP contribution in [0.25, 0.3) is 10.9 Å². The Hall–Kier alpha value is -2.68. The number of nitrogens with one attached hydrogen (secondary N) is 2. The van der Waals surface area contributed by atoms with E-state index in [1.165, 1.54) is 4.31 Å². The van der Waals surface area contributed by atoms with Gasteiger partial charge in [0.05, 0.1) is 18.1 Å². The first kappa shape index (κ1) is 18.7. The summed E-state index contributed by atoms with van der Waals surface area (Å²) in [5.74, 6) is -0.207. The lowest BCUT2D eigenvalue weighted by Crippen LogP contribution is -2.40. The van der Waals surface area contributed by atoms with E-state index in [2.05, 4.69) is 10.3 Å². The molecule has 1 aliphatic rings. The lowest BCUT2D eigenvalue weighted by atomic mass is 10.2. The van der Waals surface area contributed by atoms with Crippen LogP contribution in [0.4, 0.5) is 0 Å². The number of aromatic amines is 1. The van der Waals surface area contributed by atoms with E-state index in [1.54, 1.807) is 24.3 Å². The van der Waals surface area contributed by atoms with Gasteiger partial charge in [0.25, 0.3) is 5.91 Å². The first-order valence-electron chi connectivity index (χ1n) is 9.07. The second kappa shape index (κ2) is 7.75. The monoisotopic (exact) mass is 399 g/mol. The van der Waals surface area contributed by atoms with Gasteiger partial charge < -0.3 is 15.0 Å². The molecule has 0 radical (unpaired) electrons. The maximum Gasteiger partial charge on any atom is 0.267 e. The van der Waals surface area contributed by atoms with Crippen molar-refractivity contribution in [1.82, 2.24) is 14.6 Å². The van der Waals surface area contributed by atoms with Crippen LogP contribution < -0.4 is 5.32 Å². The molecule has 1 aromatic heterocycles. The number of morpholine rings is 1. The van der Waals surface area contributed by atoms with Crippen molar-refractivity contribution in [3.05, 3.63) is 65.9 Å². The number of para-hydroxylation sites is 1. The van der Waals surface area contributed by atoms with Crippen molar-refractivity contribution in [1.29, 1.82) is 0 Å². The molecule has 0 saturated carbocycles. The van der Waals surface area contributed by atoms with Crippen molar-refractivity contribution < 1.29 is 17.9 Å². The molecule has 0 atom stereocenters. The summed E-state index contributed by atoms with van der Waals surface area (Å²) in [6, 6.07) is 16.1. The number of carbonyl (C=O) groups is 1. The fraction of sp³-hybridized carbons (Fsp3) is 0.250. The topological polar surface area (TPSA) is 91.5 Å². The van der Waals surface area contributed by atoms with Crippen molar-refractivity contribution in [2.24, 2.45) is 0 Å². The first-order chi connectivity index (χ1) is 13.5. The molecule has 1 fully saturated rings. The van der Waals surface area contributed by atoms with E-state index in [0.717, 1.165) is 16.5 Å². The van der Waals surface area contributed by atoms with Gasteiger partial charge in [-0.25, -0.2) is 8.42 Å². The smallest absolute Gasteiger partial charge is 0.267 e. The Labute approximate surface area is 163 Å². The lowest BCUT2D eigenvalue weighted by Gasteiger charge is -2.26. The van der Waals surface area contributed by atoms with Gasteiger partial charge in [-0.1, -0.05) is 30.3 Å². The second-order valence-corrected chi connectivity index (χ2v) is 8.55. The summed E-state index contributed by atoms with van der Waals surface area (Å²) < 4.78 is 31.9. The quantitative estimate of drug-likeness (QED) is 0.688. The number of ether oxygens (including phenoxy) is 1. The average molecular weight is 399 g/mol. The normalized spacial score (nSPS) is 15.6. The molecule has 0 spiro atoms. The highest BCUT2D eigenvalue weighted by molar-refractivity contribution is 7.89. The van der Waals surface area contributed by atoms with Crippen LogP contribution in [0, 0.1) is 0 Å². The van der Waals surface area contributed by atoms with E-state index in [9.17, 15) is 13.2 Å². The standard InChI is InChI=1S/C20H21N3O4S/c24-20(19-13-16-3-1-2-4-18(16)22-19)21-14-15-5-7-17(8-6-15)28(25,26)23-9-11-27-12-10-23/h1-8,13,22H,9-12,14H2,(H,21,24). The molecule has 1 aliphatic heterocycles. The molecule has 1 saturated heterocycles. The predicted octanol–water partition coefficient (Wildman–Crippen LogP) is 2.12. The van der Waals surface area contributed by atoms with E-state index in [1.807, 2.05) is 30.3 Å². The van der Waals surface area contributed by atoms with Crippen LogP contribution in [0.3, 0.4) is 0 Å². The molecule has 2 aromatic carbocycles. The summed E-state index contributed by atoms with van der Waals surface area (Å²) in [6.07, 6.45) is 0. The molecule has 28 heavy (non-hydrogen) atoms. The van der Waals surface area contributed by atoms with Crippen molar-refractivity contribution in [2.75, 3.05) is 26.3 Å². The fourth-order valence-electron chi connectivity index (χ4n) is 3.19. The minimum atomic E-state index is -3.51. The maximum atomic E-state index is 12.6. The van der Waals surface area contributed by atoms with Crippen LogP contribution in [-0.2, 0) is 21.3 Å². The molecule has 1 amide bonds. The van der Waals surface area contributed by atoms with Crippen LogP contribution in [0.2, 0.25) is 0 Å². The van der Waals surface area contributed by atoms with Crippen LogP contribution >= 0.6 is 0 Å². The Morgan fingerprint density at radius 2 is 1.79 bits per heavy atom. The summed E-state index contributed by atoms with van der Waals surface area (Å²) in [6.45, 7) is 1.87. The number of fused-ring (bicyclic) bond motifs is 1. The third-order valence-corrected chi connectivity index (χ3v) is 6.67. The Bertz CT molecular complexity index is 1050. The van der Waals surface area contributed by atoms with Crippen LogP contribution in [0.5, 0.6) is 0 Å². The van der Waals surface area contributed by atoms with Crippen molar-refractivity contribution in [2.45, 2.75) is 11.4 Å². The molecule has 146 valence electrons. The molecule has 7 nitrogen and oxygen atoms in total. The molecular formula is C20H21N3O4S. The Balaban J connectivity index is 1.41. The SMILES string of the molecule is O=C(NCc1ccc(S(=O)(=O)N2CCOCC2)cc1)c1cc2ccccc2[nH]1. The van der Waals surface area contributed by atoms with Gasteiger partial charge in [-0.05, 0) is 29.8 Å². The van der Waals surface area contributed by atoms with E-state index in [-0.39, 0.29) is 10.8 Å². The number of hydrogen-bond donors (Lipinski definition) is 2. The summed E-state index contributed by atoms with van der Waals surface area (Å²) in [7, 11) is -3.51. The van der Waals surface area contributed by atoms with Gasteiger partial charge in [0.1, 0.15) is 5.69 Å². The highest BCUT2D eigenvalue weighted by Crippen LogP contribution is 2.18. The summed E-state index contributed by atoms with van der Waals surface area (Å²) in [5.41, 5.74) is 2.23. The largest absolute Gasteiger partial charge is 0.379 e. The maximum absolute atomic E-state index is 12.6. The zero-order valence-electron chi connectivity index (χ0n) is 15.2. The van der Waals surface area contributed by atoms with Crippen LogP contribution in [0.15, 0.2) is 59.5 Å². The molecule has 8 heteroatoms. The highest BCUT2D eigenvalue weighted by atomic mass is 32.2. The molecule has 4 rings (SSSR count). The Morgan fingerprint density at radius 1 is 1.07 bits per heavy atom. The number of benzene rings is 2. The molecule has 0 aliphatic carbocycles. The van der Waals surface area contributed by atoms with Gasteiger partial charge in [0.15, 0.2) is 0 Å². The number of hydrogen-bond acceptors (Lipinski definition) is 4. The number of sulfonamides is 1. The minimum absolute atomic E-state index is 0.207. The van der Waals surface area contributed by atoms with Crippen molar-refractivity contribution in [3.63, 3.8) is 0 Å². The summed E-state index contributed by atoms with van der Waals surface area (Å²) >= 11 is 0. The van der Waals surface area contributed by atoms with Gasteiger partial charge in [0, 0.05) is 30.5 Å². The third-order valence-electron chi connectivity index (χ3n) is 4.76. The summed E-state index contributed by atoms with van der Waals surface area (Å²) in [5, 5.41) is 3.83. The summed E-state index contributed by atoms with van der Waals surface area (Å²) in [4.78, 5) is 15.7. The zero-order chi connectivity index (χ0) is 19.6. The van der Waals surface area contributed by atoms with Crippen LogP contribution in [-0.4, -0.2) is 49.9 Å². The van der Waals surface area contributed by atoms with Gasteiger partial charge in [0.2, 0.25) is 10.0 Å². The lowest BCUT2D eigenvalue weighted by molar-refractivity contribution is 0.0730. The van der Waals surface area contributed by atoms with Gasteiger partial charge in [-0.3, -0.25) is 4.79 Å². The van der Waals surface area contributed by atoms with Crippen molar-refractivity contribution >= 4 is 26.8 Å². The third kappa shape index (κ3) is 3.80. The number of rotatable bonds is 5. The number of amides is 1. The molecule has 3 aromatic rings. The predicted molar refractivity (Wildman–Crippen MR) is 105 cm³/mol. The van der Waals surface area contributed by atoms with Crippen LogP contribution in [0.1, 0.15) is 16.1 Å². The number of aromatic nitrogens is 1. The molecule has 2 N–H and O–H groups in total. The van der Waals surface area contributed by atoms with Gasteiger partial charge in [-0.2, -0.15) is 4.31 Å². The molecule has 0 unspecified atom stereocenters. The number of nitrogens with zero attached hydrogens (tertiary/aromatic N) is 1. The highest BCUT2D eigenvalue weighted by Gasteiger charge is 2.26. The molecule has 0 bridgehead atoms. The average Bonchev–Trinajstić information content (AvgIpc) is 3.17. The van der Waals surface area contributed by atoms with Gasteiger partial charge >= 0.3 is 0 Å². The zero-order valence-corrected chi connectivity index (χ0v) is 16.0. The number of carbonyl (C=O) groups excluding carboxylic acids is 1. The van der Waals surface area contributed by atoms with E-state index in [4.69, 9.17) is 4.74 Å². The second-order valence-electron chi connectivity index (χ2n) is 6.61. The number of H-pyrrole nitrogens is 1. The molecule has 2 heterocycles. The van der Waals surface area contributed by atoms with E-state index < -0.39 is 10.0 Å². The Morgan fingerprint density at radius 3 is 2.50 bits per heavy atom. The minimum Gasteiger partial charge on any atom is -0.379 e. The Kier molecular flexibility index (Phi) is 5.17. The van der Waals surface area contributed by atoms with Crippen molar-refractivity contribution in [3.8, 4) is 0 Å². The first-order valence-corrected chi connectivity index (χ1v) is 10.5. The fourth-order valence-corrected chi connectivity index (χ4v) is 4.60.